The van der Waals surface area contributed by atoms with Crippen molar-refractivity contribution in [2.45, 2.75) is 177 Å². The molecule has 19 nitrogen and oxygen atoms in total. The van der Waals surface area contributed by atoms with Crippen molar-refractivity contribution in [3.05, 3.63) is 120 Å². The number of benzene rings is 2. The number of ether oxygens (including phenoxy) is 4. The molecule has 0 amide bonds. The number of aromatic nitrogens is 3. The van der Waals surface area contributed by atoms with Gasteiger partial charge in [-0.1, -0.05) is 42.9 Å². The predicted molar refractivity (Wildman–Crippen MR) is 345 cm³/mol. The monoisotopic (exact) mass is 1240 g/mol. The molecular formula is C72H88N10O9. The van der Waals surface area contributed by atoms with Crippen LogP contribution in [0.2, 0.25) is 0 Å². The van der Waals surface area contributed by atoms with Crippen LogP contribution in [0.3, 0.4) is 0 Å². The highest BCUT2D eigenvalue weighted by Crippen LogP contribution is 2.59. The van der Waals surface area contributed by atoms with Gasteiger partial charge in [0.05, 0.1) is 47.5 Å². The molecule has 3 aromatic heterocycles. The lowest BCUT2D eigenvalue weighted by Gasteiger charge is -2.56. The van der Waals surface area contributed by atoms with Gasteiger partial charge in [-0.2, -0.15) is 0 Å². The third-order valence-corrected chi connectivity index (χ3v) is 22.2. The van der Waals surface area contributed by atoms with E-state index in [0.29, 0.717) is 86.4 Å². The highest BCUT2D eigenvalue weighted by molar-refractivity contribution is 5.83. The largest absolute Gasteiger partial charge is 0.504 e. The molecule has 9 aliphatic rings. The van der Waals surface area contributed by atoms with Crippen LogP contribution in [-0.4, -0.2) is 116 Å². The number of phenols is 3. The van der Waals surface area contributed by atoms with Gasteiger partial charge in [0.1, 0.15) is 24.6 Å². The van der Waals surface area contributed by atoms with Crippen LogP contribution < -0.4 is 41.8 Å². The molecule has 1 saturated heterocycles. The van der Waals surface area contributed by atoms with Crippen molar-refractivity contribution in [2.24, 2.45) is 51.1 Å². The SMILES string of the molecule is CNCC1C2CCC(NC3=NC(n4cc5cc[nH]c5c4)C4C(O)NC5CCCCC5C#CCC5(C6CC(OC(C)=O)CC(c7cc(O)c(O)c(OCCc8cccnc8)c7)O6)CC#CC6C(CCCC64N3)Oc3cc(ccc3O)C5)C1(CC1=CCNC(N)=C1)CC2. The summed E-state index contributed by atoms with van der Waals surface area (Å²) in [5.74, 6) is 15.7. The molecule has 91 heavy (non-hydrogen) atoms. The zero-order chi connectivity index (χ0) is 62.4. The Bertz CT molecular complexity index is 3700. The van der Waals surface area contributed by atoms with Gasteiger partial charge >= 0.3 is 5.97 Å². The minimum absolute atomic E-state index is 0.00400. The summed E-state index contributed by atoms with van der Waals surface area (Å²) in [6.45, 7) is 3.22. The van der Waals surface area contributed by atoms with E-state index in [2.05, 4.69) is 102 Å². The number of aliphatic hydroxyl groups is 1. The number of aliphatic imine (C=N–C) groups is 1. The van der Waals surface area contributed by atoms with Gasteiger partial charge in [-0.15, -0.1) is 11.8 Å². The maximum Gasteiger partial charge on any atom is 0.302 e. The van der Waals surface area contributed by atoms with E-state index < -0.39 is 65.6 Å². The van der Waals surface area contributed by atoms with Crippen LogP contribution in [0.15, 0.2) is 108 Å². The van der Waals surface area contributed by atoms with Gasteiger partial charge in [0, 0.05) is 105 Å². The number of allylic oxidation sites excluding steroid dienone is 2. The van der Waals surface area contributed by atoms with Crippen molar-refractivity contribution >= 4 is 22.8 Å². The number of hydrogen-bond donors (Lipinski definition) is 11. The molecule has 4 aliphatic carbocycles. The maximum atomic E-state index is 13.6. The zero-order valence-corrected chi connectivity index (χ0v) is 52.3. The Morgan fingerprint density at radius 2 is 1.85 bits per heavy atom. The van der Waals surface area contributed by atoms with E-state index in [1.54, 1.807) is 24.5 Å². The van der Waals surface area contributed by atoms with E-state index in [0.717, 1.165) is 92.8 Å². The number of carbonyl (C=O) groups is 1. The number of aromatic hydroxyl groups is 3. The second-order valence-electron chi connectivity index (χ2n) is 27.7. The van der Waals surface area contributed by atoms with Crippen LogP contribution in [0.25, 0.3) is 10.9 Å². The molecule has 480 valence electrons. The summed E-state index contributed by atoms with van der Waals surface area (Å²) < 4.78 is 29.4. The molecule has 6 bridgehead atoms. The summed E-state index contributed by atoms with van der Waals surface area (Å²) in [5, 5.41) is 68.5. The highest BCUT2D eigenvalue weighted by atomic mass is 16.6. The third kappa shape index (κ3) is 12.0. The van der Waals surface area contributed by atoms with Gasteiger partial charge in [0.15, 0.2) is 29.0 Å². The fourth-order valence-corrected chi connectivity index (χ4v) is 17.9. The van der Waals surface area contributed by atoms with Crippen molar-refractivity contribution in [1.29, 1.82) is 0 Å². The van der Waals surface area contributed by atoms with Crippen LogP contribution in [0.4, 0.5) is 0 Å². The van der Waals surface area contributed by atoms with Gasteiger partial charge < -0.3 is 75.9 Å². The van der Waals surface area contributed by atoms with Crippen molar-refractivity contribution in [2.75, 3.05) is 26.7 Å². The first kappa shape index (κ1) is 60.7. The Morgan fingerprint density at radius 1 is 0.967 bits per heavy atom. The quantitative estimate of drug-likeness (QED) is 0.0300. The first-order valence-corrected chi connectivity index (χ1v) is 33.4. The molecule has 16 unspecified atom stereocenters. The Hall–Kier alpha value is -7.81. The molecule has 5 aromatic rings. The Labute approximate surface area is 532 Å². The molecule has 0 radical (unpaired) electrons. The molecule has 5 fully saturated rings. The van der Waals surface area contributed by atoms with E-state index in [4.69, 9.17) is 29.7 Å². The minimum Gasteiger partial charge on any atom is -0.504 e. The lowest BCUT2D eigenvalue weighted by atomic mass is 9.61. The van der Waals surface area contributed by atoms with Crippen LogP contribution in [0.1, 0.15) is 139 Å². The lowest BCUT2D eigenvalue weighted by Crippen LogP contribution is -2.73. The molecule has 12 N–H and O–H groups in total. The molecule has 1 spiro atoms. The number of aromatic amines is 1. The van der Waals surface area contributed by atoms with Gasteiger partial charge in [-0.25, -0.2) is 4.99 Å². The molecule has 5 aliphatic heterocycles. The maximum absolute atomic E-state index is 13.6. The van der Waals surface area contributed by atoms with Crippen LogP contribution >= 0.6 is 0 Å². The number of phenolic OH excluding ortho intramolecular Hbond substituents is 3. The van der Waals surface area contributed by atoms with Crippen molar-refractivity contribution in [3.63, 3.8) is 0 Å². The Balaban J connectivity index is 0.907. The van der Waals surface area contributed by atoms with Crippen molar-refractivity contribution in [1.82, 2.24) is 41.1 Å². The molecule has 14 rings (SSSR count). The van der Waals surface area contributed by atoms with E-state index >= 15 is 0 Å². The Kier molecular flexibility index (Phi) is 16.9. The van der Waals surface area contributed by atoms with Crippen molar-refractivity contribution < 1.29 is 44.2 Å². The number of carbonyl (C=O) groups excluding carboxylic acids is 1. The number of esters is 1. The number of nitrogens with one attached hydrogen (secondary N) is 6. The first-order valence-electron chi connectivity index (χ1n) is 33.4. The van der Waals surface area contributed by atoms with Crippen LogP contribution in [-0.2, 0) is 27.1 Å². The molecule has 4 saturated carbocycles. The highest BCUT2D eigenvalue weighted by Gasteiger charge is 2.61. The number of rotatable bonds is 13. The molecular weight excluding hydrogens is 1150 g/mol. The van der Waals surface area contributed by atoms with Crippen LogP contribution in [0.5, 0.6) is 28.7 Å². The summed E-state index contributed by atoms with van der Waals surface area (Å²) >= 11 is 0. The number of dihydropyridines is 1. The second-order valence-corrected chi connectivity index (χ2v) is 27.7. The summed E-state index contributed by atoms with van der Waals surface area (Å²) in [6, 6.07) is 14.6. The van der Waals surface area contributed by atoms with Gasteiger partial charge in [-0.05, 0) is 166 Å². The fourth-order valence-electron chi connectivity index (χ4n) is 17.9. The van der Waals surface area contributed by atoms with E-state index in [-0.39, 0.29) is 59.4 Å². The number of hydrogen-bond acceptors (Lipinski definition) is 17. The molecule has 19 heteroatoms. The van der Waals surface area contributed by atoms with E-state index in [1.165, 1.54) is 18.6 Å². The topological polar surface area (TPSA) is 267 Å². The summed E-state index contributed by atoms with van der Waals surface area (Å²) in [4.78, 5) is 26.7. The van der Waals surface area contributed by atoms with Crippen LogP contribution in [0, 0.1) is 64.1 Å². The van der Waals surface area contributed by atoms with Gasteiger partial charge in [0.2, 0.25) is 5.75 Å². The number of pyridine rings is 1. The Morgan fingerprint density at radius 3 is 2.68 bits per heavy atom. The number of H-pyrrole nitrogens is 1. The molecule has 16 atom stereocenters. The normalized spacial score (nSPS) is 34.2. The zero-order valence-electron chi connectivity index (χ0n) is 52.3. The molecule has 2 aromatic carbocycles. The minimum atomic E-state index is -1.09. The lowest BCUT2D eigenvalue weighted by molar-refractivity contribution is -0.174. The number of nitrogens with zero attached hydrogens (tertiary/aromatic N) is 3. The standard InChI is InChI=1S/C72H88N10O9/c1-43(83)89-51-35-59(50-33-57(85)66(86)61(34-50)88-30-22-44-9-8-27-75-39-44)91-63(36-51)70-23-5-11-48-10-3-4-13-54(48)78-68(87)65-67(82-41-49-21-29-76-55(49)42-82)80-69(79-62-18-16-47-19-26-71(62,53(47)40-74-2)38-46-20-28-77-64(73)32-46)81-72(65)25-7-14-58(52(72)12-6-24-70)90-60-31-45(37-70)15-17-56(60)84/h8-9,15,17,20-21,27,29,31-34,39,41-42,47-48,51-54,58-59,62-63,65,67-68,74,76-78,84-87H,3-4,7,10,13-14,16,18-19,22-26,28,30,35-38,40,73H2,1-2H3,(H2,79,80,81). The number of fused-ring (bicyclic) bond motifs is 8. The second kappa shape index (κ2) is 25.4. The van der Waals surface area contributed by atoms with Gasteiger partial charge in [-0.3, -0.25) is 15.1 Å². The summed E-state index contributed by atoms with van der Waals surface area (Å²) in [7, 11) is 2.07. The van der Waals surface area contributed by atoms with Gasteiger partial charge in [0.25, 0.3) is 0 Å². The number of aliphatic hydroxyl groups excluding tert-OH is 1. The average Bonchev–Trinajstić information content (AvgIpc) is 1.76. The predicted octanol–water partition coefficient (Wildman–Crippen LogP) is 8.53. The van der Waals surface area contributed by atoms with E-state index in [1.807, 2.05) is 30.5 Å². The number of guanidine groups is 1. The first-order chi connectivity index (χ1) is 44.2. The van der Waals surface area contributed by atoms with E-state index in [9.17, 15) is 25.2 Å². The summed E-state index contributed by atoms with van der Waals surface area (Å²) in [6.07, 6.45) is 22.7. The van der Waals surface area contributed by atoms with Crippen molar-refractivity contribution in [3.8, 4) is 52.4 Å². The molecule has 8 heterocycles. The third-order valence-electron chi connectivity index (χ3n) is 22.2. The summed E-state index contributed by atoms with van der Waals surface area (Å²) in [5.41, 5.74) is 9.09. The smallest absolute Gasteiger partial charge is 0.302 e. The fraction of sp³-hybridized carbons (Fsp3) is 0.542. The number of nitrogens with two attached hydrogens (primary N) is 1. The average molecular weight is 1240 g/mol.